The molecule has 0 heterocycles. The largest absolute Gasteiger partial charge is 0.457 e. The Morgan fingerprint density at radius 1 is 1.22 bits per heavy atom. The minimum atomic E-state index is -0.289. The zero-order chi connectivity index (χ0) is 17.0. The minimum Gasteiger partial charge on any atom is -0.457 e. The molecule has 124 valence electrons. The molecule has 5 heteroatoms. The summed E-state index contributed by atoms with van der Waals surface area (Å²) in [6, 6.07) is 6.61. The Bertz CT molecular complexity index is 592. The van der Waals surface area contributed by atoms with E-state index in [1.165, 1.54) is 0 Å². The topological polar surface area (TPSA) is 72.5 Å². The standard InChI is InChI=1S/C18H23NO4/c1-11(2)8-17(21)19-14-6-4-13(5-7-14)16(20)10-23-18(22)15-9-12(15)3/h4-7,11-12,15H,8-10H2,1-3H3,(H,19,21)/t12-,15-/m1/s1. The molecule has 1 fully saturated rings. The van der Waals surface area contributed by atoms with Gasteiger partial charge in [-0.15, -0.1) is 0 Å². The highest BCUT2D eigenvalue weighted by Gasteiger charge is 2.40. The number of anilines is 1. The van der Waals surface area contributed by atoms with Gasteiger partial charge in [-0.25, -0.2) is 0 Å². The Kier molecular flexibility index (Phi) is 5.53. The van der Waals surface area contributed by atoms with Gasteiger partial charge in [0.05, 0.1) is 5.92 Å². The number of esters is 1. The van der Waals surface area contributed by atoms with E-state index in [9.17, 15) is 14.4 Å². The molecular formula is C18H23NO4. The highest BCUT2D eigenvalue weighted by atomic mass is 16.5. The quantitative estimate of drug-likeness (QED) is 0.619. The Morgan fingerprint density at radius 2 is 1.83 bits per heavy atom. The Labute approximate surface area is 136 Å². The summed E-state index contributed by atoms with van der Waals surface area (Å²) in [5.74, 6) is 0.0362. The van der Waals surface area contributed by atoms with Crippen LogP contribution in [0.25, 0.3) is 0 Å². The molecule has 0 aromatic heterocycles. The second kappa shape index (κ2) is 7.40. The fourth-order valence-corrected chi connectivity index (χ4v) is 2.30. The number of hydrogen-bond donors (Lipinski definition) is 1. The van der Waals surface area contributed by atoms with Crippen molar-refractivity contribution in [2.45, 2.75) is 33.6 Å². The highest BCUT2D eigenvalue weighted by Crippen LogP contribution is 2.38. The van der Waals surface area contributed by atoms with Crippen molar-refractivity contribution in [1.82, 2.24) is 0 Å². The van der Waals surface area contributed by atoms with E-state index in [0.29, 0.717) is 29.5 Å². The van der Waals surface area contributed by atoms with Gasteiger partial charge in [0.2, 0.25) is 5.91 Å². The van der Waals surface area contributed by atoms with Gasteiger partial charge in [0.15, 0.2) is 12.4 Å². The molecule has 23 heavy (non-hydrogen) atoms. The van der Waals surface area contributed by atoms with E-state index in [-0.39, 0.29) is 30.2 Å². The molecule has 1 aliphatic carbocycles. The summed E-state index contributed by atoms with van der Waals surface area (Å²) in [5, 5.41) is 2.78. The lowest BCUT2D eigenvalue weighted by molar-refractivity contribution is -0.144. The maximum atomic E-state index is 12.0. The molecule has 1 aromatic carbocycles. The van der Waals surface area contributed by atoms with Crippen molar-refractivity contribution in [3.8, 4) is 0 Å². The van der Waals surface area contributed by atoms with Crippen molar-refractivity contribution < 1.29 is 19.1 Å². The van der Waals surface area contributed by atoms with E-state index in [1.807, 2.05) is 20.8 Å². The van der Waals surface area contributed by atoms with Gasteiger partial charge in [0, 0.05) is 17.7 Å². The maximum absolute atomic E-state index is 12.0. The number of ether oxygens (including phenoxy) is 1. The summed E-state index contributed by atoms with van der Waals surface area (Å²) < 4.78 is 5.03. The van der Waals surface area contributed by atoms with Crippen LogP contribution < -0.4 is 5.32 Å². The number of Topliss-reactive ketones (excluding diaryl/α,β-unsaturated/α-hetero) is 1. The number of carbonyl (C=O) groups excluding carboxylic acids is 3. The molecule has 0 unspecified atom stereocenters. The first-order valence-corrected chi connectivity index (χ1v) is 7.96. The average molecular weight is 317 g/mol. The van der Waals surface area contributed by atoms with Gasteiger partial charge in [-0.05, 0) is 42.5 Å². The molecule has 0 spiro atoms. The number of ketones is 1. The fraction of sp³-hybridized carbons (Fsp3) is 0.500. The van der Waals surface area contributed by atoms with Crippen LogP contribution in [-0.2, 0) is 14.3 Å². The number of rotatable bonds is 7. The van der Waals surface area contributed by atoms with Crippen molar-refractivity contribution in [3.63, 3.8) is 0 Å². The maximum Gasteiger partial charge on any atom is 0.309 e. The third-order valence-electron chi connectivity index (χ3n) is 3.84. The predicted molar refractivity (Wildman–Crippen MR) is 87.1 cm³/mol. The van der Waals surface area contributed by atoms with Gasteiger partial charge in [-0.2, -0.15) is 0 Å². The van der Waals surface area contributed by atoms with E-state index in [4.69, 9.17) is 4.74 Å². The molecule has 1 aliphatic rings. The van der Waals surface area contributed by atoms with Gasteiger partial charge in [-0.3, -0.25) is 14.4 Å². The van der Waals surface area contributed by atoms with Crippen LogP contribution in [0.3, 0.4) is 0 Å². The summed E-state index contributed by atoms with van der Waals surface area (Å²) in [6.07, 6.45) is 1.30. The smallest absolute Gasteiger partial charge is 0.309 e. The molecule has 1 amide bonds. The summed E-state index contributed by atoms with van der Waals surface area (Å²) >= 11 is 0. The van der Waals surface area contributed by atoms with Crippen LogP contribution in [-0.4, -0.2) is 24.3 Å². The molecule has 0 radical (unpaired) electrons. The predicted octanol–water partition coefficient (Wildman–Crippen LogP) is 3.05. The summed E-state index contributed by atoms with van der Waals surface area (Å²) in [4.78, 5) is 35.3. The summed E-state index contributed by atoms with van der Waals surface area (Å²) in [5.41, 5.74) is 1.11. The lowest BCUT2D eigenvalue weighted by Gasteiger charge is -2.08. The van der Waals surface area contributed by atoms with Crippen molar-refractivity contribution in [2.75, 3.05) is 11.9 Å². The Morgan fingerprint density at radius 3 is 2.35 bits per heavy atom. The number of hydrogen-bond acceptors (Lipinski definition) is 4. The zero-order valence-corrected chi connectivity index (χ0v) is 13.8. The monoisotopic (exact) mass is 317 g/mol. The third-order valence-corrected chi connectivity index (χ3v) is 3.84. The second-order valence-electron chi connectivity index (χ2n) is 6.57. The van der Waals surface area contributed by atoms with Crippen LogP contribution in [0.2, 0.25) is 0 Å². The normalized spacial score (nSPS) is 19.3. The molecule has 2 rings (SSSR count). The van der Waals surface area contributed by atoms with Crippen LogP contribution in [0.1, 0.15) is 44.0 Å². The van der Waals surface area contributed by atoms with E-state index in [2.05, 4.69) is 5.32 Å². The van der Waals surface area contributed by atoms with Gasteiger partial charge in [0.1, 0.15) is 0 Å². The van der Waals surface area contributed by atoms with E-state index >= 15 is 0 Å². The summed E-state index contributed by atoms with van der Waals surface area (Å²) in [7, 11) is 0. The summed E-state index contributed by atoms with van der Waals surface area (Å²) in [6.45, 7) is 5.71. The first-order chi connectivity index (χ1) is 10.9. The van der Waals surface area contributed by atoms with Gasteiger partial charge < -0.3 is 10.1 Å². The number of benzene rings is 1. The molecule has 1 saturated carbocycles. The van der Waals surface area contributed by atoms with Crippen LogP contribution >= 0.6 is 0 Å². The van der Waals surface area contributed by atoms with Crippen molar-refractivity contribution >= 4 is 23.3 Å². The van der Waals surface area contributed by atoms with Crippen molar-refractivity contribution in [1.29, 1.82) is 0 Å². The molecule has 2 atom stereocenters. The minimum absolute atomic E-state index is 0.0404. The molecule has 0 aliphatic heterocycles. The van der Waals surface area contributed by atoms with Crippen molar-refractivity contribution in [2.24, 2.45) is 17.8 Å². The molecular weight excluding hydrogens is 294 g/mol. The average Bonchev–Trinajstić information content (AvgIpc) is 3.21. The lowest BCUT2D eigenvalue weighted by atomic mass is 10.1. The van der Waals surface area contributed by atoms with E-state index < -0.39 is 0 Å². The first kappa shape index (κ1) is 17.2. The SMILES string of the molecule is CC(C)CC(=O)Nc1ccc(C(=O)COC(=O)[C@@H]2C[C@H]2C)cc1. The fourth-order valence-electron chi connectivity index (χ4n) is 2.30. The third kappa shape index (κ3) is 5.20. The van der Waals surface area contributed by atoms with Crippen LogP contribution in [0.5, 0.6) is 0 Å². The zero-order valence-electron chi connectivity index (χ0n) is 13.8. The van der Waals surface area contributed by atoms with E-state index in [1.54, 1.807) is 24.3 Å². The van der Waals surface area contributed by atoms with Crippen LogP contribution in [0, 0.1) is 17.8 Å². The van der Waals surface area contributed by atoms with Crippen molar-refractivity contribution in [3.05, 3.63) is 29.8 Å². The van der Waals surface area contributed by atoms with Gasteiger partial charge >= 0.3 is 5.97 Å². The first-order valence-electron chi connectivity index (χ1n) is 7.96. The van der Waals surface area contributed by atoms with E-state index in [0.717, 1.165) is 6.42 Å². The highest BCUT2D eigenvalue weighted by molar-refractivity contribution is 5.99. The number of carbonyl (C=O) groups is 3. The number of nitrogens with one attached hydrogen (secondary N) is 1. The molecule has 0 bridgehead atoms. The lowest BCUT2D eigenvalue weighted by Crippen LogP contribution is -2.16. The van der Waals surface area contributed by atoms with Gasteiger partial charge in [-0.1, -0.05) is 20.8 Å². The molecule has 0 saturated heterocycles. The van der Waals surface area contributed by atoms with Crippen LogP contribution in [0.4, 0.5) is 5.69 Å². The second-order valence-corrected chi connectivity index (χ2v) is 6.57. The Hall–Kier alpha value is -2.17. The number of amides is 1. The molecule has 5 nitrogen and oxygen atoms in total. The molecule has 1 N–H and O–H groups in total. The van der Waals surface area contributed by atoms with Gasteiger partial charge in [0.25, 0.3) is 0 Å². The molecule has 1 aromatic rings. The Balaban J connectivity index is 1.82. The van der Waals surface area contributed by atoms with Crippen LogP contribution in [0.15, 0.2) is 24.3 Å².